The van der Waals surface area contributed by atoms with E-state index in [2.05, 4.69) is 26.4 Å². The molecule has 1 amide bonds. The van der Waals surface area contributed by atoms with Crippen LogP contribution in [0.5, 0.6) is 0 Å². The summed E-state index contributed by atoms with van der Waals surface area (Å²) >= 11 is 0. The van der Waals surface area contributed by atoms with Crippen molar-refractivity contribution < 1.29 is 19.7 Å². The van der Waals surface area contributed by atoms with E-state index in [1.165, 1.54) is 6.33 Å². The molecule has 0 unspecified atom stereocenters. The predicted octanol–water partition coefficient (Wildman–Crippen LogP) is 4.03. The minimum atomic E-state index is -1.26. The lowest BCUT2D eigenvalue weighted by Gasteiger charge is -2.34. The molecule has 3 atom stereocenters. The Kier molecular flexibility index (Phi) is 6.39. The number of fused-ring (bicyclic) bond motifs is 2. The van der Waals surface area contributed by atoms with Crippen molar-refractivity contribution in [3.8, 4) is 0 Å². The molecule has 10 heteroatoms. The molecule has 10 nitrogen and oxygen atoms in total. The lowest BCUT2D eigenvalue weighted by atomic mass is 9.78. The molecule has 2 aliphatic rings. The molecule has 2 aliphatic carbocycles. The number of nitrogens with one attached hydrogen (secondary N) is 1. The molecule has 39 heavy (non-hydrogen) atoms. The summed E-state index contributed by atoms with van der Waals surface area (Å²) in [5.74, 6) is 0.832. The maximum absolute atomic E-state index is 12.1. The van der Waals surface area contributed by atoms with E-state index in [4.69, 9.17) is 10.5 Å². The zero-order valence-electron chi connectivity index (χ0n) is 22.0. The second kappa shape index (κ2) is 9.77. The van der Waals surface area contributed by atoms with Crippen LogP contribution in [0.1, 0.15) is 56.7 Å². The van der Waals surface area contributed by atoms with Crippen molar-refractivity contribution in [2.75, 3.05) is 11.1 Å². The number of amides is 1. The highest BCUT2D eigenvalue weighted by Gasteiger charge is 2.53. The van der Waals surface area contributed by atoms with Gasteiger partial charge in [-0.25, -0.2) is 19.3 Å². The Hall–Kier alpha value is -3.76. The molecule has 6 rings (SSSR count). The van der Waals surface area contributed by atoms with Gasteiger partial charge in [-0.2, -0.15) is 5.10 Å². The highest BCUT2D eigenvalue weighted by molar-refractivity contribution is 5.87. The molecule has 3 aromatic heterocycles. The average Bonchev–Trinajstić information content (AvgIpc) is 3.40. The van der Waals surface area contributed by atoms with Crippen LogP contribution in [0.15, 0.2) is 48.8 Å². The van der Waals surface area contributed by atoms with E-state index in [1.54, 1.807) is 10.6 Å². The van der Waals surface area contributed by atoms with Gasteiger partial charge in [-0.3, -0.25) is 5.32 Å². The number of aryl methyl sites for hydroxylation is 1. The largest absolute Gasteiger partial charge is 0.446 e. The van der Waals surface area contributed by atoms with Crippen molar-refractivity contribution >= 4 is 34.1 Å². The van der Waals surface area contributed by atoms with E-state index in [0.29, 0.717) is 36.4 Å². The number of nitrogens with two attached hydrogens (primary N) is 1. The van der Waals surface area contributed by atoms with E-state index in [9.17, 15) is 15.0 Å². The highest BCUT2D eigenvalue weighted by Crippen LogP contribution is 2.48. The van der Waals surface area contributed by atoms with Crippen LogP contribution < -0.4 is 11.1 Å². The molecule has 0 bridgehead atoms. The number of nitrogens with zero attached hydrogens (tertiary/aromatic N) is 4. The van der Waals surface area contributed by atoms with Gasteiger partial charge in [0.1, 0.15) is 23.8 Å². The summed E-state index contributed by atoms with van der Waals surface area (Å²) in [7, 11) is 0. The number of hydrogen-bond donors (Lipinski definition) is 4. The third-order valence-corrected chi connectivity index (χ3v) is 8.64. The molecule has 1 aromatic carbocycles. The van der Waals surface area contributed by atoms with Crippen molar-refractivity contribution in [1.82, 2.24) is 19.6 Å². The Morgan fingerprint density at radius 1 is 1.21 bits per heavy atom. The number of rotatable bonds is 7. The number of hydrogen-bond acceptors (Lipinski definition) is 8. The Morgan fingerprint density at radius 3 is 2.82 bits per heavy atom. The molecule has 3 heterocycles. The summed E-state index contributed by atoms with van der Waals surface area (Å²) in [6.45, 7) is 2.04. The number of aromatic nitrogens is 4. The third-order valence-electron chi connectivity index (χ3n) is 8.64. The fraction of sp³-hybridized carbons (Fsp3) is 0.448. The third kappa shape index (κ3) is 4.90. The van der Waals surface area contributed by atoms with Crippen LogP contribution in [0.3, 0.4) is 0 Å². The molecule has 0 aliphatic heterocycles. The molecule has 2 saturated carbocycles. The summed E-state index contributed by atoms with van der Waals surface area (Å²) in [6, 6.07) is 13.5. The molecule has 2 fully saturated rings. The normalized spacial score (nSPS) is 25.2. The number of carbonyl (C=O) groups is 1. The van der Waals surface area contributed by atoms with Gasteiger partial charge in [0, 0.05) is 17.5 Å². The molecule has 204 valence electrons. The zero-order chi connectivity index (χ0) is 27.2. The fourth-order valence-electron chi connectivity index (χ4n) is 5.92. The molecule has 0 saturated heterocycles. The van der Waals surface area contributed by atoms with Gasteiger partial charge in [-0.15, -0.1) is 0 Å². The SMILES string of the molecule is C[C@]1(CCc2ccc3ccc(NC(=O)OC4CCC4)nc3c2)CC[C@](O)(Cc2ccc3c(N)ncnn23)[C@@H]1O. The van der Waals surface area contributed by atoms with Crippen LogP contribution in [-0.2, 0) is 17.6 Å². The van der Waals surface area contributed by atoms with Crippen LogP contribution in [0.2, 0.25) is 0 Å². The summed E-state index contributed by atoms with van der Waals surface area (Å²) in [4.78, 5) is 20.8. The first-order valence-electron chi connectivity index (χ1n) is 13.6. The van der Waals surface area contributed by atoms with Gasteiger partial charge in [0.15, 0.2) is 5.82 Å². The van der Waals surface area contributed by atoms with Crippen LogP contribution >= 0.6 is 0 Å². The summed E-state index contributed by atoms with van der Waals surface area (Å²) in [6.07, 6.45) is 5.86. The Labute approximate surface area is 226 Å². The quantitative estimate of drug-likeness (QED) is 0.280. The number of pyridine rings is 1. The Morgan fingerprint density at radius 2 is 2.03 bits per heavy atom. The molecule has 0 radical (unpaired) electrons. The molecule has 0 spiro atoms. The second-order valence-electron chi connectivity index (χ2n) is 11.4. The van der Waals surface area contributed by atoms with Crippen molar-refractivity contribution in [2.24, 2.45) is 5.41 Å². The lowest BCUT2D eigenvalue weighted by molar-refractivity contribution is -0.0901. The van der Waals surface area contributed by atoms with E-state index >= 15 is 0 Å². The van der Waals surface area contributed by atoms with Gasteiger partial charge in [-0.1, -0.05) is 19.1 Å². The smallest absolute Gasteiger partial charge is 0.413 e. The molecular weight excluding hydrogens is 496 g/mol. The number of aliphatic hydroxyl groups is 2. The number of aliphatic hydroxyl groups excluding tert-OH is 1. The lowest BCUT2D eigenvalue weighted by Crippen LogP contribution is -2.46. The van der Waals surface area contributed by atoms with Crippen LogP contribution in [-0.4, -0.2) is 53.7 Å². The minimum absolute atomic E-state index is 0.0116. The summed E-state index contributed by atoms with van der Waals surface area (Å²) in [5, 5.41) is 30.9. The van der Waals surface area contributed by atoms with Gasteiger partial charge in [-0.05, 0) is 86.3 Å². The Bertz CT molecular complexity index is 1540. The predicted molar refractivity (Wildman–Crippen MR) is 147 cm³/mol. The first-order chi connectivity index (χ1) is 18.7. The van der Waals surface area contributed by atoms with Crippen LogP contribution in [0, 0.1) is 5.41 Å². The highest BCUT2D eigenvalue weighted by atomic mass is 16.6. The monoisotopic (exact) mass is 530 g/mol. The average molecular weight is 531 g/mol. The molecule has 4 aromatic rings. The number of anilines is 2. The van der Waals surface area contributed by atoms with Crippen LogP contribution in [0.4, 0.5) is 16.4 Å². The van der Waals surface area contributed by atoms with Crippen LogP contribution in [0.25, 0.3) is 16.4 Å². The number of carbonyl (C=O) groups excluding carboxylic acids is 1. The van der Waals surface area contributed by atoms with Crippen molar-refractivity contribution in [1.29, 1.82) is 0 Å². The fourth-order valence-corrected chi connectivity index (χ4v) is 5.92. The number of nitrogen functional groups attached to an aromatic ring is 1. The minimum Gasteiger partial charge on any atom is -0.446 e. The number of ether oxygens (including phenoxy) is 1. The van der Waals surface area contributed by atoms with Gasteiger partial charge in [0.2, 0.25) is 0 Å². The van der Waals surface area contributed by atoms with E-state index in [1.807, 2.05) is 37.3 Å². The van der Waals surface area contributed by atoms with Crippen molar-refractivity contribution in [3.05, 3.63) is 60.0 Å². The first-order valence-corrected chi connectivity index (χ1v) is 13.6. The van der Waals surface area contributed by atoms with Gasteiger partial charge >= 0.3 is 6.09 Å². The van der Waals surface area contributed by atoms with E-state index in [-0.39, 0.29) is 12.5 Å². The Balaban J connectivity index is 1.12. The van der Waals surface area contributed by atoms with Gasteiger partial charge < -0.3 is 20.7 Å². The topological polar surface area (TPSA) is 148 Å². The zero-order valence-corrected chi connectivity index (χ0v) is 22.0. The summed E-state index contributed by atoms with van der Waals surface area (Å²) in [5.41, 5.74) is 7.57. The van der Waals surface area contributed by atoms with Crippen molar-refractivity contribution in [2.45, 2.75) is 76.1 Å². The maximum atomic E-state index is 12.1. The second-order valence-corrected chi connectivity index (χ2v) is 11.4. The first kappa shape index (κ1) is 25.5. The standard InChI is InChI=1S/C29H34N6O4/c1-28(13-14-29(38,26(28)36)16-20-8-9-23-25(30)31-17-32-35(20)23)12-11-18-5-6-19-7-10-24(33-22(19)15-18)34-27(37)39-21-3-2-4-21/h5-10,15,17,21,26,36,38H,2-4,11-14,16H2,1H3,(H2,30,31,32)(H,33,34,37)/t26-,28+,29+/m1/s1. The van der Waals surface area contributed by atoms with E-state index < -0.39 is 23.2 Å². The van der Waals surface area contributed by atoms with Gasteiger partial charge in [0.05, 0.1) is 17.2 Å². The number of benzene rings is 1. The molecule has 5 N–H and O–H groups in total. The van der Waals surface area contributed by atoms with Gasteiger partial charge in [0.25, 0.3) is 0 Å². The molecular formula is C29H34N6O4. The summed E-state index contributed by atoms with van der Waals surface area (Å²) < 4.78 is 7.05. The van der Waals surface area contributed by atoms with E-state index in [0.717, 1.165) is 47.8 Å². The van der Waals surface area contributed by atoms with Crippen molar-refractivity contribution in [3.63, 3.8) is 0 Å². The maximum Gasteiger partial charge on any atom is 0.413 e.